The van der Waals surface area contributed by atoms with Gasteiger partial charge >= 0.3 is 0 Å². The maximum absolute atomic E-state index is 5.76. The minimum Gasteiger partial charge on any atom is -0.497 e. The van der Waals surface area contributed by atoms with Crippen LogP contribution in [0.25, 0.3) is 0 Å². The quantitative estimate of drug-likeness (QED) is 0.189. The predicted molar refractivity (Wildman–Crippen MR) is 129 cm³/mol. The highest BCUT2D eigenvalue weighted by Gasteiger charge is 2.33. The molecular formula is C22H38IN3O3. The molecule has 1 saturated carbocycles. The lowest BCUT2D eigenvalue weighted by atomic mass is 9.83. The number of methoxy groups -OCH3 is 1. The number of nitrogens with one attached hydrogen (secondary N) is 2. The van der Waals surface area contributed by atoms with E-state index >= 15 is 0 Å². The second-order valence-corrected chi connectivity index (χ2v) is 7.41. The summed E-state index contributed by atoms with van der Waals surface area (Å²) in [6.45, 7) is 6.56. The normalized spacial score (nSPS) is 15.6. The molecule has 0 spiro atoms. The molecule has 1 aliphatic carbocycles. The van der Waals surface area contributed by atoms with Crippen molar-refractivity contribution in [2.24, 2.45) is 10.4 Å². The maximum Gasteiger partial charge on any atom is 0.191 e. The number of ether oxygens (including phenoxy) is 3. The number of nitrogens with zero attached hydrogens (tertiary/aromatic N) is 1. The van der Waals surface area contributed by atoms with E-state index in [0.29, 0.717) is 18.6 Å². The Kier molecular flexibility index (Phi) is 13.3. The van der Waals surface area contributed by atoms with Gasteiger partial charge in [-0.3, -0.25) is 4.99 Å². The van der Waals surface area contributed by atoms with Gasteiger partial charge in [-0.2, -0.15) is 0 Å². The fourth-order valence-electron chi connectivity index (χ4n) is 3.76. The first kappa shape index (κ1) is 26.0. The fraction of sp³-hybridized carbons (Fsp3) is 0.682. The summed E-state index contributed by atoms with van der Waals surface area (Å²) in [6.07, 6.45) is 6.30. The van der Waals surface area contributed by atoms with Crippen LogP contribution in [0.4, 0.5) is 0 Å². The van der Waals surface area contributed by atoms with Crippen LogP contribution in [0, 0.1) is 5.41 Å². The summed E-state index contributed by atoms with van der Waals surface area (Å²) in [5, 5.41) is 6.86. The van der Waals surface area contributed by atoms with Crippen LogP contribution in [0.2, 0.25) is 0 Å². The first-order valence-electron chi connectivity index (χ1n) is 10.4. The Labute approximate surface area is 193 Å². The fourth-order valence-corrected chi connectivity index (χ4v) is 3.76. The number of halogens is 1. The monoisotopic (exact) mass is 519 g/mol. The summed E-state index contributed by atoms with van der Waals surface area (Å²) in [7, 11) is 3.49. The van der Waals surface area contributed by atoms with Crippen molar-refractivity contribution in [3.05, 3.63) is 29.8 Å². The molecule has 6 nitrogen and oxygen atoms in total. The van der Waals surface area contributed by atoms with Crippen molar-refractivity contribution < 1.29 is 14.2 Å². The number of guanidine groups is 1. The van der Waals surface area contributed by atoms with Crippen molar-refractivity contribution in [1.29, 1.82) is 0 Å². The highest BCUT2D eigenvalue weighted by molar-refractivity contribution is 14.0. The van der Waals surface area contributed by atoms with Gasteiger partial charge in [0.15, 0.2) is 5.96 Å². The average molecular weight is 519 g/mol. The van der Waals surface area contributed by atoms with E-state index in [4.69, 9.17) is 14.2 Å². The van der Waals surface area contributed by atoms with Crippen molar-refractivity contribution in [3.8, 4) is 5.75 Å². The molecule has 0 bridgehead atoms. The van der Waals surface area contributed by atoms with Crippen LogP contribution in [-0.4, -0.2) is 53.0 Å². The van der Waals surface area contributed by atoms with Crippen LogP contribution in [0.5, 0.6) is 5.75 Å². The predicted octanol–water partition coefficient (Wildman–Crippen LogP) is 3.98. The molecule has 1 aromatic rings. The standard InChI is InChI=1S/C22H37N3O3.HI/c1-4-27-14-12-22(10-5-6-11-22)18-25-21(23-2)24-13-15-28-17-19-8-7-9-20(16-19)26-3;/h7-9,16H,4-6,10-15,17-18H2,1-3H3,(H2,23,24,25);1H. The molecule has 2 N–H and O–H groups in total. The van der Waals surface area contributed by atoms with Crippen LogP contribution in [0.1, 0.15) is 44.6 Å². The molecule has 0 saturated heterocycles. The first-order valence-corrected chi connectivity index (χ1v) is 10.4. The molecule has 29 heavy (non-hydrogen) atoms. The lowest BCUT2D eigenvalue weighted by Crippen LogP contribution is -2.44. The topological polar surface area (TPSA) is 64.1 Å². The van der Waals surface area contributed by atoms with Gasteiger partial charge in [-0.15, -0.1) is 24.0 Å². The number of rotatable bonds is 12. The Morgan fingerprint density at radius 1 is 1.14 bits per heavy atom. The molecule has 0 radical (unpaired) electrons. The van der Waals surface area contributed by atoms with Crippen LogP contribution >= 0.6 is 24.0 Å². The van der Waals surface area contributed by atoms with Gasteiger partial charge in [0, 0.05) is 33.4 Å². The Hall–Kier alpha value is -1.06. The highest BCUT2D eigenvalue weighted by atomic mass is 127. The third kappa shape index (κ3) is 9.53. The third-order valence-corrected chi connectivity index (χ3v) is 5.44. The molecule has 2 rings (SSSR count). The van der Waals surface area contributed by atoms with E-state index in [-0.39, 0.29) is 24.0 Å². The summed E-state index contributed by atoms with van der Waals surface area (Å²) >= 11 is 0. The van der Waals surface area contributed by atoms with Gasteiger partial charge in [-0.1, -0.05) is 25.0 Å². The second kappa shape index (κ2) is 14.8. The van der Waals surface area contributed by atoms with Crippen LogP contribution in [-0.2, 0) is 16.1 Å². The van der Waals surface area contributed by atoms with Crippen molar-refractivity contribution in [3.63, 3.8) is 0 Å². The zero-order valence-corrected chi connectivity index (χ0v) is 20.5. The molecule has 1 aromatic carbocycles. The molecule has 0 heterocycles. The summed E-state index contributed by atoms with van der Waals surface area (Å²) < 4.78 is 16.6. The SMILES string of the molecule is CCOCCC1(CNC(=NC)NCCOCc2cccc(OC)c2)CCCC1.I. The molecule has 0 atom stereocenters. The van der Waals surface area contributed by atoms with Crippen molar-refractivity contribution >= 4 is 29.9 Å². The van der Waals surface area contributed by atoms with Gasteiger partial charge in [-0.05, 0) is 49.3 Å². The zero-order chi connectivity index (χ0) is 20.1. The Balaban J connectivity index is 0.00000420. The highest BCUT2D eigenvalue weighted by Crippen LogP contribution is 2.40. The van der Waals surface area contributed by atoms with Gasteiger partial charge in [0.25, 0.3) is 0 Å². The molecule has 0 unspecified atom stereocenters. The average Bonchev–Trinajstić information content (AvgIpc) is 3.19. The summed E-state index contributed by atoms with van der Waals surface area (Å²) in [6, 6.07) is 7.95. The number of hydrogen-bond donors (Lipinski definition) is 2. The molecule has 0 aromatic heterocycles. The van der Waals surface area contributed by atoms with Crippen molar-refractivity contribution in [2.45, 2.75) is 45.6 Å². The molecule has 1 aliphatic rings. The van der Waals surface area contributed by atoms with Gasteiger partial charge in [0.05, 0.1) is 20.3 Å². The van der Waals surface area contributed by atoms with E-state index in [9.17, 15) is 0 Å². The lowest BCUT2D eigenvalue weighted by Gasteiger charge is -2.30. The van der Waals surface area contributed by atoms with Crippen LogP contribution in [0.3, 0.4) is 0 Å². The molecule has 7 heteroatoms. The number of benzene rings is 1. The lowest BCUT2D eigenvalue weighted by molar-refractivity contribution is 0.105. The van der Waals surface area contributed by atoms with Gasteiger partial charge in [0.1, 0.15) is 5.75 Å². The Bertz CT molecular complexity index is 592. The summed E-state index contributed by atoms with van der Waals surface area (Å²) in [5.74, 6) is 1.70. The zero-order valence-electron chi connectivity index (χ0n) is 18.2. The summed E-state index contributed by atoms with van der Waals surface area (Å²) in [4.78, 5) is 4.35. The van der Waals surface area contributed by atoms with E-state index in [1.165, 1.54) is 25.7 Å². The second-order valence-electron chi connectivity index (χ2n) is 7.41. The molecule has 1 fully saturated rings. The van der Waals surface area contributed by atoms with E-state index in [1.807, 2.05) is 31.3 Å². The van der Waals surface area contributed by atoms with Gasteiger partial charge in [0.2, 0.25) is 0 Å². The van der Waals surface area contributed by atoms with Gasteiger partial charge in [-0.25, -0.2) is 0 Å². The van der Waals surface area contributed by atoms with Crippen molar-refractivity contribution in [1.82, 2.24) is 10.6 Å². The number of hydrogen-bond acceptors (Lipinski definition) is 4. The molecular weight excluding hydrogens is 481 g/mol. The van der Waals surface area contributed by atoms with Crippen LogP contribution < -0.4 is 15.4 Å². The van der Waals surface area contributed by atoms with E-state index in [1.54, 1.807) is 7.11 Å². The smallest absolute Gasteiger partial charge is 0.191 e. The van der Waals surface area contributed by atoms with Crippen LogP contribution in [0.15, 0.2) is 29.3 Å². The largest absolute Gasteiger partial charge is 0.497 e. The van der Waals surface area contributed by atoms with Gasteiger partial charge < -0.3 is 24.8 Å². The summed E-state index contributed by atoms with van der Waals surface area (Å²) in [5.41, 5.74) is 1.45. The van der Waals surface area contributed by atoms with E-state index in [2.05, 4.69) is 22.5 Å². The minimum atomic E-state index is 0. The Morgan fingerprint density at radius 2 is 1.93 bits per heavy atom. The van der Waals surface area contributed by atoms with E-state index < -0.39 is 0 Å². The number of aliphatic imine (C=N–C) groups is 1. The first-order chi connectivity index (χ1) is 13.7. The maximum atomic E-state index is 5.76. The minimum absolute atomic E-state index is 0. The Morgan fingerprint density at radius 3 is 2.62 bits per heavy atom. The van der Waals surface area contributed by atoms with Crippen molar-refractivity contribution in [2.75, 3.05) is 47.1 Å². The third-order valence-electron chi connectivity index (χ3n) is 5.44. The van der Waals surface area contributed by atoms with E-state index in [0.717, 1.165) is 50.0 Å². The molecule has 0 aliphatic heterocycles. The molecule has 166 valence electrons. The molecule has 0 amide bonds.